The average Bonchev–Trinajstić information content (AvgIpc) is 3.20. The molecule has 0 radical (unpaired) electrons. The van der Waals surface area contributed by atoms with Crippen LogP contribution in [0.2, 0.25) is 0 Å². The van der Waals surface area contributed by atoms with Crippen LogP contribution in [0.15, 0.2) is 121 Å². The zero-order chi connectivity index (χ0) is 37.8. The number of rotatable bonds is 24. The summed E-state index contributed by atoms with van der Waals surface area (Å²) in [6, 6.07) is 45.2. The SMILES string of the molecule is CCCCCCCCCC(c1ccc(N)cc1)c1ccc(Cc2ccc(Cc3ccc(C(CCCCCCCCC)c4ccc(N)cc4)cc3)cc2)cc1. The standard InChI is InChI=1S/C52H68N2/c1-3-5-7-9-11-13-15-17-51(47-31-35-49(53)36-32-47)45-27-23-43(24-28-45)39-41-19-21-42(22-20-41)40-44-25-29-46(30-26-44)52(48-33-37-50(54)38-34-48)18-16-14-12-10-8-6-4-2/h19-38,51-52H,3-18,39-40,53-54H2,1-2H3. The molecule has 2 nitrogen and oxygen atoms in total. The summed E-state index contributed by atoms with van der Waals surface area (Å²) in [5.41, 5.74) is 24.8. The van der Waals surface area contributed by atoms with Crippen LogP contribution in [-0.4, -0.2) is 0 Å². The number of hydrogen-bond acceptors (Lipinski definition) is 2. The van der Waals surface area contributed by atoms with Gasteiger partial charge in [0.2, 0.25) is 0 Å². The van der Waals surface area contributed by atoms with Crippen LogP contribution in [0.1, 0.15) is 173 Å². The monoisotopic (exact) mass is 721 g/mol. The summed E-state index contributed by atoms with van der Waals surface area (Å²) in [6.07, 6.45) is 23.0. The molecule has 0 fully saturated rings. The summed E-state index contributed by atoms with van der Waals surface area (Å²) in [6.45, 7) is 4.58. The average molecular weight is 721 g/mol. The molecule has 2 unspecified atom stereocenters. The van der Waals surface area contributed by atoms with Crippen LogP contribution in [0.5, 0.6) is 0 Å². The molecule has 0 aromatic heterocycles. The number of anilines is 2. The highest BCUT2D eigenvalue weighted by Crippen LogP contribution is 2.33. The van der Waals surface area contributed by atoms with Crippen molar-refractivity contribution in [3.05, 3.63) is 166 Å². The molecule has 0 saturated heterocycles. The minimum Gasteiger partial charge on any atom is -0.399 e. The first-order chi connectivity index (χ1) is 26.5. The lowest BCUT2D eigenvalue weighted by atomic mass is 9.85. The van der Waals surface area contributed by atoms with Crippen molar-refractivity contribution in [2.75, 3.05) is 11.5 Å². The summed E-state index contributed by atoms with van der Waals surface area (Å²) in [4.78, 5) is 0. The first-order valence-corrected chi connectivity index (χ1v) is 21.5. The highest BCUT2D eigenvalue weighted by Gasteiger charge is 2.16. The van der Waals surface area contributed by atoms with Crippen LogP contribution < -0.4 is 11.5 Å². The van der Waals surface area contributed by atoms with Crippen molar-refractivity contribution in [3.63, 3.8) is 0 Å². The second-order valence-corrected chi connectivity index (χ2v) is 15.9. The van der Waals surface area contributed by atoms with Crippen LogP contribution in [0.25, 0.3) is 0 Å². The third-order valence-corrected chi connectivity index (χ3v) is 11.5. The summed E-state index contributed by atoms with van der Waals surface area (Å²) in [5, 5.41) is 0. The van der Waals surface area contributed by atoms with Gasteiger partial charge >= 0.3 is 0 Å². The van der Waals surface area contributed by atoms with Crippen LogP contribution in [-0.2, 0) is 12.8 Å². The maximum atomic E-state index is 6.05. The van der Waals surface area contributed by atoms with Crippen LogP contribution in [0, 0.1) is 0 Å². The third kappa shape index (κ3) is 13.5. The van der Waals surface area contributed by atoms with Crippen molar-refractivity contribution in [2.24, 2.45) is 0 Å². The molecule has 2 atom stereocenters. The predicted molar refractivity (Wildman–Crippen MR) is 236 cm³/mol. The highest BCUT2D eigenvalue weighted by molar-refractivity contribution is 5.45. The first-order valence-electron chi connectivity index (χ1n) is 21.5. The number of nitrogen functional groups attached to an aromatic ring is 2. The minimum atomic E-state index is 0.414. The number of hydrogen-bond donors (Lipinski definition) is 2. The van der Waals surface area contributed by atoms with E-state index >= 15 is 0 Å². The topological polar surface area (TPSA) is 52.0 Å². The third-order valence-electron chi connectivity index (χ3n) is 11.5. The molecular formula is C52H68N2. The lowest BCUT2D eigenvalue weighted by Gasteiger charge is -2.19. The zero-order valence-corrected chi connectivity index (χ0v) is 33.6. The maximum absolute atomic E-state index is 6.05. The molecule has 0 amide bonds. The van der Waals surface area contributed by atoms with E-state index in [1.54, 1.807) is 0 Å². The second kappa shape index (κ2) is 22.8. The summed E-state index contributed by atoms with van der Waals surface area (Å²) >= 11 is 0. The second-order valence-electron chi connectivity index (χ2n) is 15.9. The molecule has 5 rings (SSSR count). The molecule has 0 spiro atoms. The molecule has 286 valence electrons. The Labute approximate surface area is 328 Å². The van der Waals surface area contributed by atoms with E-state index in [4.69, 9.17) is 11.5 Å². The van der Waals surface area contributed by atoms with E-state index in [1.165, 1.54) is 147 Å². The summed E-state index contributed by atoms with van der Waals surface area (Å²) in [7, 11) is 0. The fourth-order valence-corrected chi connectivity index (χ4v) is 8.10. The fourth-order valence-electron chi connectivity index (χ4n) is 8.10. The molecule has 0 bridgehead atoms. The molecular weight excluding hydrogens is 653 g/mol. The van der Waals surface area contributed by atoms with Crippen LogP contribution in [0.3, 0.4) is 0 Å². The van der Waals surface area contributed by atoms with Crippen molar-refractivity contribution < 1.29 is 0 Å². The van der Waals surface area contributed by atoms with E-state index in [-0.39, 0.29) is 0 Å². The van der Waals surface area contributed by atoms with Gasteiger partial charge in [-0.3, -0.25) is 0 Å². The Bertz CT molecular complexity index is 1590. The lowest BCUT2D eigenvalue weighted by Crippen LogP contribution is -2.03. The lowest BCUT2D eigenvalue weighted by molar-refractivity contribution is 0.559. The van der Waals surface area contributed by atoms with Gasteiger partial charge in [-0.1, -0.05) is 201 Å². The molecule has 0 aliphatic heterocycles. The van der Waals surface area contributed by atoms with Gasteiger partial charge in [0.1, 0.15) is 0 Å². The van der Waals surface area contributed by atoms with Gasteiger partial charge in [0, 0.05) is 23.2 Å². The van der Waals surface area contributed by atoms with Crippen LogP contribution >= 0.6 is 0 Å². The highest BCUT2D eigenvalue weighted by atomic mass is 14.5. The Morgan fingerprint density at radius 2 is 0.556 bits per heavy atom. The van der Waals surface area contributed by atoms with Gasteiger partial charge in [-0.2, -0.15) is 0 Å². The maximum Gasteiger partial charge on any atom is 0.0314 e. The van der Waals surface area contributed by atoms with Gasteiger partial charge in [0.15, 0.2) is 0 Å². The Morgan fingerprint density at radius 3 is 0.852 bits per heavy atom. The minimum absolute atomic E-state index is 0.414. The normalized spacial score (nSPS) is 12.5. The van der Waals surface area contributed by atoms with E-state index in [1.807, 2.05) is 0 Å². The van der Waals surface area contributed by atoms with Crippen molar-refractivity contribution in [2.45, 2.75) is 141 Å². The Balaban J connectivity index is 1.15. The first kappa shape index (κ1) is 40.9. The molecule has 5 aromatic carbocycles. The van der Waals surface area contributed by atoms with Gasteiger partial charge in [0.25, 0.3) is 0 Å². The largest absolute Gasteiger partial charge is 0.399 e. The number of unbranched alkanes of at least 4 members (excludes halogenated alkanes) is 12. The van der Waals surface area contributed by atoms with Crippen LogP contribution in [0.4, 0.5) is 11.4 Å². The van der Waals surface area contributed by atoms with E-state index in [2.05, 4.69) is 135 Å². The molecule has 2 heteroatoms. The van der Waals surface area contributed by atoms with E-state index in [0.29, 0.717) is 11.8 Å². The molecule has 0 aliphatic rings. The number of benzene rings is 5. The summed E-state index contributed by atoms with van der Waals surface area (Å²) < 4.78 is 0. The van der Waals surface area contributed by atoms with Gasteiger partial charge in [0.05, 0.1) is 0 Å². The van der Waals surface area contributed by atoms with Gasteiger partial charge in [-0.25, -0.2) is 0 Å². The van der Waals surface area contributed by atoms with Crippen molar-refractivity contribution >= 4 is 11.4 Å². The van der Waals surface area contributed by atoms with Crippen molar-refractivity contribution in [3.8, 4) is 0 Å². The molecule has 0 aliphatic carbocycles. The van der Waals surface area contributed by atoms with Crippen molar-refractivity contribution in [1.82, 2.24) is 0 Å². The van der Waals surface area contributed by atoms with E-state index < -0.39 is 0 Å². The quantitative estimate of drug-likeness (QED) is 0.0492. The predicted octanol–water partition coefficient (Wildman–Crippen LogP) is 14.6. The Hall–Kier alpha value is -4.30. The van der Waals surface area contributed by atoms with E-state index in [9.17, 15) is 0 Å². The van der Waals surface area contributed by atoms with Gasteiger partial charge in [-0.15, -0.1) is 0 Å². The number of nitrogens with two attached hydrogens (primary N) is 2. The van der Waals surface area contributed by atoms with E-state index in [0.717, 1.165) is 24.2 Å². The smallest absolute Gasteiger partial charge is 0.0314 e. The molecule has 5 aromatic rings. The van der Waals surface area contributed by atoms with Crippen molar-refractivity contribution in [1.29, 1.82) is 0 Å². The molecule has 4 N–H and O–H groups in total. The Morgan fingerprint density at radius 1 is 0.315 bits per heavy atom. The fraction of sp³-hybridized carbons (Fsp3) is 0.423. The molecule has 54 heavy (non-hydrogen) atoms. The Kier molecular flexibility index (Phi) is 17.3. The zero-order valence-electron chi connectivity index (χ0n) is 33.6. The molecule has 0 heterocycles. The van der Waals surface area contributed by atoms with Gasteiger partial charge in [-0.05, 0) is 94.5 Å². The molecule has 0 saturated carbocycles. The summed E-state index contributed by atoms with van der Waals surface area (Å²) in [5.74, 6) is 0.828. The van der Waals surface area contributed by atoms with Gasteiger partial charge < -0.3 is 11.5 Å².